The van der Waals surface area contributed by atoms with E-state index in [0.717, 1.165) is 92.1 Å². The number of piperidine rings is 3. The number of amides is 6. The highest BCUT2D eigenvalue weighted by Crippen LogP contribution is 2.35. The molecule has 6 amide bonds. The normalized spacial score (nSPS) is 22.5. The zero-order valence-electron chi connectivity index (χ0n) is 34.0. The van der Waals surface area contributed by atoms with Gasteiger partial charge in [-0.05, 0) is 93.6 Å². The summed E-state index contributed by atoms with van der Waals surface area (Å²) in [5.41, 5.74) is 2.86. The van der Waals surface area contributed by atoms with Crippen molar-refractivity contribution in [2.24, 2.45) is 11.8 Å². The average molecular weight is 831 g/mol. The van der Waals surface area contributed by atoms with Crippen LogP contribution in [-0.4, -0.2) is 128 Å². The number of fused-ring (bicyclic) bond motifs is 2. The van der Waals surface area contributed by atoms with E-state index in [-0.39, 0.29) is 60.2 Å². The molecule has 4 aromatic rings. The molecule has 17 nitrogen and oxygen atoms in total. The Morgan fingerprint density at radius 2 is 1.59 bits per heavy atom. The van der Waals surface area contributed by atoms with Crippen molar-refractivity contribution in [3.63, 3.8) is 0 Å². The van der Waals surface area contributed by atoms with Crippen LogP contribution in [0.3, 0.4) is 0 Å². The van der Waals surface area contributed by atoms with E-state index in [1.807, 2.05) is 41.6 Å². The number of hydrogen-bond donors (Lipinski definition) is 3. The van der Waals surface area contributed by atoms with Gasteiger partial charge in [-0.2, -0.15) is 0 Å². The van der Waals surface area contributed by atoms with Crippen molar-refractivity contribution in [1.29, 1.82) is 0 Å². The predicted octanol–water partition coefficient (Wildman–Crippen LogP) is 2.73. The van der Waals surface area contributed by atoms with Crippen molar-refractivity contribution in [2.75, 3.05) is 51.2 Å². The first-order chi connectivity index (χ1) is 29.7. The first-order valence-electron chi connectivity index (χ1n) is 21.4. The van der Waals surface area contributed by atoms with Gasteiger partial charge < -0.3 is 29.7 Å². The molecule has 0 radical (unpaired) electrons. The van der Waals surface area contributed by atoms with E-state index in [4.69, 9.17) is 4.74 Å². The van der Waals surface area contributed by atoms with Crippen LogP contribution in [0.15, 0.2) is 61.2 Å². The lowest BCUT2D eigenvalue weighted by molar-refractivity contribution is -0.136. The molecule has 9 rings (SSSR count). The zero-order valence-corrected chi connectivity index (χ0v) is 34.0. The number of carbonyl (C=O) groups excluding carboxylic acids is 6. The molecule has 1 aliphatic carbocycles. The van der Waals surface area contributed by atoms with E-state index in [9.17, 15) is 28.8 Å². The number of ether oxygens (including phenoxy) is 1. The fourth-order valence-electron chi connectivity index (χ4n) is 9.36. The number of imide groups is 2. The van der Waals surface area contributed by atoms with Crippen molar-refractivity contribution in [2.45, 2.75) is 75.9 Å². The molecule has 61 heavy (non-hydrogen) atoms. The lowest BCUT2D eigenvalue weighted by Crippen LogP contribution is -2.54. The van der Waals surface area contributed by atoms with Crippen LogP contribution in [0, 0.1) is 11.8 Å². The Morgan fingerprint density at radius 3 is 2.36 bits per heavy atom. The standard InChI is InChI=1S/C44H50N10O7/c55-36-9-8-35(42(58)50-36)54-43(59)33-7-6-32(21-34(33)44(54)60)61-24-38(57)52-16-12-29(13-17-52)23-51-14-10-28(11-15-51)22-45-40-39-41(47-25-46-40)53(26-48-39)31-19-30(20-31)49-37(56)18-27-4-2-1-3-5-27/h1-7,21,25-26,28-31,35H,8-20,22-24H2,(H,49,56)(H,45,46,47)(H,50,55,58)/t30?,31?,35-/m0/s1. The summed E-state index contributed by atoms with van der Waals surface area (Å²) in [4.78, 5) is 94.8. The predicted molar refractivity (Wildman–Crippen MR) is 221 cm³/mol. The van der Waals surface area contributed by atoms with E-state index >= 15 is 0 Å². The minimum atomic E-state index is -1.05. The third kappa shape index (κ3) is 8.69. The molecular formula is C44H50N10O7. The summed E-state index contributed by atoms with van der Waals surface area (Å²) in [6.07, 6.45) is 9.63. The highest BCUT2D eigenvalue weighted by Gasteiger charge is 2.45. The molecule has 4 aliphatic heterocycles. The van der Waals surface area contributed by atoms with Gasteiger partial charge in [-0.25, -0.2) is 15.0 Å². The maximum absolute atomic E-state index is 13.2. The van der Waals surface area contributed by atoms with Crippen LogP contribution >= 0.6 is 0 Å². The van der Waals surface area contributed by atoms with Crippen molar-refractivity contribution in [3.05, 3.63) is 77.9 Å². The number of nitrogens with one attached hydrogen (secondary N) is 3. The summed E-state index contributed by atoms with van der Waals surface area (Å²) in [5, 5.41) is 8.92. The smallest absolute Gasteiger partial charge is 0.262 e. The number of aromatic nitrogens is 4. The minimum absolute atomic E-state index is 0.0448. The van der Waals surface area contributed by atoms with Crippen molar-refractivity contribution < 1.29 is 33.5 Å². The molecule has 0 unspecified atom stereocenters. The molecule has 2 aromatic heterocycles. The second-order valence-corrected chi connectivity index (χ2v) is 17.0. The lowest BCUT2D eigenvalue weighted by atomic mass is 9.86. The van der Waals surface area contributed by atoms with Gasteiger partial charge in [0.1, 0.15) is 23.6 Å². The maximum atomic E-state index is 13.2. The van der Waals surface area contributed by atoms with E-state index in [0.29, 0.717) is 31.3 Å². The molecule has 5 aliphatic rings. The number of rotatable bonds is 13. The lowest BCUT2D eigenvalue weighted by Gasteiger charge is -2.37. The Labute approximate surface area is 352 Å². The third-order valence-electron chi connectivity index (χ3n) is 13.0. The van der Waals surface area contributed by atoms with Gasteiger partial charge in [-0.15, -0.1) is 0 Å². The molecule has 2 aromatic carbocycles. The molecule has 1 atom stereocenters. The monoisotopic (exact) mass is 830 g/mol. The van der Waals surface area contributed by atoms with Crippen LogP contribution in [0.1, 0.15) is 83.7 Å². The summed E-state index contributed by atoms with van der Waals surface area (Å²) in [6.45, 7) is 5.00. The van der Waals surface area contributed by atoms with Crippen LogP contribution in [-0.2, 0) is 25.6 Å². The molecule has 1 saturated carbocycles. The first-order valence-corrected chi connectivity index (χ1v) is 21.4. The summed E-state index contributed by atoms with van der Waals surface area (Å²) >= 11 is 0. The summed E-state index contributed by atoms with van der Waals surface area (Å²) in [6, 6.07) is 13.6. The third-order valence-corrected chi connectivity index (χ3v) is 13.0. The Morgan fingerprint density at radius 1 is 0.836 bits per heavy atom. The first kappa shape index (κ1) is 40.2. The molecule has 17 heteroatoms. The van der Waals surface area contributed by atoms with Crippen LogP contribution < -0.4 is 20.7 Å². The van der Waals surface area contributed by atoms with E-state index in [1.54, 1.807) is 12.4 Å². The van der Waals surface area contributed by atoms with Gasteiger partial charge in [0.05, 0.1) is 23.9 Å². The SMILES string of the molecule is O=C1CC[C@H](N2C(=O)c3ccc(OCC(=O)N4CCC(CN5CCC(CNc6ncnc7c6ncn7C6CC(NC(=O)Cc7ccccc7)C6)CC5)CC4)cc3C2=O)C(=O)N1. The van der Waals surface area contributed by atoms with Gasteiger partial charge in [0.15, 0.2) is 18.1 Å². The summed E-state index contributed by atoms with van der Waals surface area (Å²) in [7, 11) is 0. The molecule has 4 fully saturated rings. The van der Waals surface area contributed by atoms with Crippen LogP contribution in [0.4, 0.5) is 5.82 Å². The minimum Gasteiger partial charge on any atom is -0.484 e. The Balaban J connectivity index is 0.675. The van der Waals surface area contributed by atoms with Gasteiger partial charge in [-0.3, -0.25) is 39.0 Å². The topological polar surface area (TPSA) is 201 Å². The maximum Gasteiger partial charge on any atom is 0.262 e. The Kier molecular flexibility index (Phi) is 11.5. The molecular weight excluding hydrogens is 781 g/mol. The van der Waals surface area contributed by atoms with Gasteiger partial charge in [-0.1, -0.05) is 30.3 Å². The van der Waals surface area contributed by atoms with E-state index in [1.165, 1.54) is 12.1 Å². The molecule has 3 saturated heterocycles. The Bertz CT molecular complexity index is 2330. The second kappa shape index (κ2) is 17.4. The highest BCUT2D eigenvalue weighted by molar-refractivity contribution is 6.23. The number of hydrogen-bond acceptors (Lipinski definition) is 12. The molecule has 0 bridgehead atoms. The number of benzene rings is 2. The molecule has 6 heterocycles. The second-order valence-electron chi connectivity index (χ2n) is 17.0. The molecule has 3 N–H and O–H groups in total. The molecule has 0 spiro atoms. The number of nitrogens with zero attached hydrogens (tertiary/aromatic N) is 7. The van der Waals surface area contributed by atoms with Gasteiger partial charge in [0, 0.05) is 44.7 Å². The zero-order chi connectivity index (χ0) is 42.0. The van der Waals surface area contributed by atoms with Gasteiger partial charge in [0.2, 0.25) is 17.7 Å². The quantitative estimate of drug-likeness (QED) is 0.167. The molecule has 318 valence electrons. The average Bonchev–Trinajstić information content (AvgIpc) is 3.79. The van der Waals surface area contributed by atoms with Crippen molar-refractivity contribution in [3.8, 4) is 5.75 Å². The van der Waals surface area contributed by atoms with Crippen LogP contribution in [0.2, 0.25) is 0 Å². The summed E-state index contributed by atoms with van der Waals surface area (Å²) in [5.74, 6) is -0.333. The van der Waals surface area contributed by atoms with Gasteiger partial charge in [0.25, 0.3) is 17.7 Å². The van der Waals surface area contributed by atoms with Crippen molar-refractivity contribution >= 4 is 52.4 Å². The van der Waals surface area contributed by atoms with Crippen molar-refractivity contribution in [1.82, 2.24) is 44.9 Å². The van der Waals surface area contributed by atoms with Crippen LogP contribution in [0.5, 0.6) is 5.75 Å². The largest absolute Gasteiger partial charge is 0.484 e. The van der Waals surface area contributed by atoms with E-state index in [2.05, 4.69) is 40.4 Å². The number of anilines is 1. The fraction of sp³-hybridized carbons (Fsp3) is 0.477. The van der Waals surface area contributed by atoms with Gasteiger partial charge >= 0.3 is 0 Å². The van der Waals surface area contributed by atoms with Crippen LogP contribution in [0.25, 0.3) is 11.2 Å². The Hall–Kier alpha value is -6.23. The van der Waals surface area contributed by atoms with E-state index < -0.39 is 29.7 Å². The fourth-order valence-corrected chi connectivity index (χ4v) is 9.36. The number of imidazole rings is 1. The summed E-state index contributed by atoms with van der Waals surface area (Å²) < 4.78 is 7.90. The number of likely N-dealkylation sites (tertiary alicyclic amines) is 2. The number of carbonyl (C=O) groups is 6. The highest BCUT2D eigenvalue weighted by atomic mass is 16.5.